The molecule has 0 fully saturated rings. The molecule has 0 heterocycles. The summed E-state index contributed by atoms with van der Waals surface area (Å²) in [5, 5.41) is 13.2. The molecule has 24 heavy (non-hydrogen) atoms. The maximum absolute atomic E-state index is 9.92. The van der Waals surface area contributed by atoms with E-state index in [9.17, 15) is 5.11 Å². The summed E-state index contributed by atoms with van der Waals surface area (Å²) in [6.07, 6.45) is 23.6. The molecule has 0 amide bonds. The van der Waals surface area contributed by atoms with Crippen LogP contribution in [0.2, 0.25) is 0 Å². The van der Waals surface area contributed by atoms with E-state index >= 15 is 0 Å². The number of hydrogen-bond donors (Lipinski definition) is 2. The predicted octanol–water partition coefficient (Wildman–Crippen LogP) is 6.96. The molecule has 0 saturated heterocycles. The van der Waals surface area contributed by atoms with E-state index in [-0.39, 0.29) is 6.23 Å². The minimum Gasteiger partial charge on any atom is -0.379 e. The van der Waals surface area contributed by atoms with Gasteiger partial charge >= 0.3 is 0 Å². The second-order valence-electron chi connectivity index (χ2n) is 7.56. The van der Waals surface area contributed by atoms with Crippen LogP contribution in [-0.4, -0.2) is 17.9 Å². The van der Waals surface area contributed by atoms with E-state index in [0.29, 0.717) is 0 Å². The standard InChI is InChI=1S/C22H47NO/c1-3-5-7-9-11-12-13-14-15-16-18-20-22(24)23-21-19-17-10-8-6-4-2/h22-24H,3-21H2,1-2H3. The van der Waals surface area contributed by atoms with E-state index in [2.05, 4.69) is 19.2 Å². The van der Waals surface area contributed by atoms with Crippen LogP contribution in [0.25, 0.3) is 0 Å². The summed E-state index contributed by atoms with van der Waals surface area (Å²) < 4.78 is 0. The first-order valence-corrected chi connectivity index (χ1v) is 11.2. The van der Waals surface area contributed by atoms with Crippen LogP contribution in [0.1, 0.15) is 129 Å². The van der Waals surface area contributed by atoms with Gasteiger partial charge in [0.1, 0.15) is 6.23 Å². The minimum atomic E-state index is -0.279. The van der Waals surface area contributed by atoms with Gasteiger partial charge in [-0.15, -0.1) is 0 Å². The van der Waals surface area contributed by atoms with Crippen molar-refractivity contribution in [1.29, 1.82) is 0 Å². The Morgan fingerprint density at radius 2 is 0.917 bits per heavy atom. The van der Waals surface area contributed by atoms with Gasteiger partial charge in [0.2, 0.25) is 0 Å². The molecule has 0 aliphatic rings. The largest absolute Gasteiger partial charge is 0.379 e. The highest BCUT2D eigenvalue weighted by atomic mass is 16.3. The molecule has 0 bridgehead atoms. The molecule has 2 N–H and O–H groups in total. The highest BCUT2D eigenvalue weighted by Gasteiger charge is 2.02. The molecule has 0 spiro atoms. The third kappa shape index (κ3) is 20.0. The first-order chi connectivity index (χ1) is 11.8. The Morgan fingerprint density at radius 1 is 0.542 bits per heavy atom. The summed E-state index contributed by atoms with van der Waals surface area (Å²) in [5.41, 5.74) is 0. The van der Waals surface area contributed by atoms with E-state index in [4.69, 9.17) is 0 Å². The lowest BCUT2D eigenvalue weighted by Crippen LogP contribution is -2.29. The van der Waals surface area contributed by atoms with Crippen molar-refractivity contribution in [2.24, 2.45) is 0 Å². The van der Waals surface area contributed by atoms with Gasteiger partial charge in [-0.1, -0.05) is 110 Å². The number of unbranched alkanes of at least 4 members (excludes halogenated alkanes) is 15. The van der Waals surface area contributed by atoms with Crippen LogP contribution in [0.3, 0.4) is 0 Å². The van der Waals surface area contributed by atoms with Gasteiger partial charge in [-0.25, -0.2) is 0 Å². The van der Waals surface area contributed by atoms with Crippen LogP contribution >= 0.6 is 0 Å². The van der Waals surface area contributed by atoms with Crippen molar-refractivity contribution >= 4 is 0 Å². The van der Waals surface area contributed by atoms with Crippen molar-refractivity contribution in [2.45, 2.75) is 136 Å². The molecule has 0 aromatic heterocycles. The maximum atomic E-state index is 9.92. The average Bonchev–Trinajstić information content (AvgIpc) is 2.59. The van der Waals surface area contributed by atoms with Crippen LogP contribution < -0.4 is 5.32 Å². The minimum absolute atomic E-state index is 0.279. The fourth-order valence-electron chi connectivity index (χ4n) is 3.28. The van der Waals surface area contributed by atoms with Gasteiger partial charge < -0.3 is 5.11 Å². The van der Waals surface area contributed by atoms with Crippen LogP contribution in [0.15, 0.2) is 0 Å². The number of rotatable bonds is 20. The smallest absolute Gasteiger partial charge is 0.104 e. The molecule has 2 heteroatoms. The van der Waals surface area contributed by atoms with Gasteiger partial charge in [0.05, 0.1) is 0 Å². The Labute approximate surface area is 153 Å². The summed E-state index contributed by atoms with van der Waals surface area (Å²) in [5.74, 6) is 0. The average molecular weight is 342 g/mol. The van der Waals surface area contributed by atoms with E-state index < -0.39 is 0 Å². The number of aliphatic hydroxyl groups is 1. The molecule has 0 rings (SSSR count). The zero-order chi connectivity index (χ0) is 17.7. The summed E-state index contributed by atoms with van der Waals surface area (Å²) >= 11 is 0. The Balaban J connectivity index is 3.11. The van der Waals surface area contributed by atoms with Gasteiger partial charge in [0, 0.05) is 0 Å². The summed E-state index contributed by atoms with van der Waals surface area (Å²) in [4.78, 5) is 0. The maximum Gasteiger partial charge on any atom is 0.104 e. The van der Waals surface area contributed by atoms with Crippen molar-refractivity contribution in [3.8, 4) is 0 Å². The molecule has 0 aliphatic heterocycles. The Bertz CT molecular complexity index is 220. The zero-order valence-electron chi connectivity index (χ0n) is 17.0. The van der Waals surface area contributed by atoms with Crippen molar-refractivity contribution in [3.05, 3.63) is 0 Å². The van der Waals surface area contributed by atoms with Gasteiger partial charge in [0.25, 0.3) is 0 Å². The normalized spacial score (nSPS) is 12.6. The molecule has 146 valence electrons. The molecule has 0 aromatic carbocycles. The summed E-state index contributed by atoms with van der Waals surface area (Å²) in [7, 11) is 0. The first-order valence-electron chi connectivity index (χ1n) is 11.2. The lowest BCUT2D eigenvalue weighted by atomic mass is 10.1. The molecule has 1 unspecified atom stereocenters. The third-order valence-corrected chi connectivity index (χ3v) is 4.99. The third-order valence-electron chi connectivity index (χ3n) is 4.99. The topological polar surface area (TPSA) is 32.3 Å². The van der Waals surface area contributed by atoms with Gasteiger partial charge in [-0.3, -0.25) is 5.32 Å². The van der Waals surface area contributed by atoms with E-state index in [1.807, 2.05) is 0 Å². The van der Waals surface area contributed by atoms with E-state index in [1.54, 1.807) is 0 Å². The fourth-order valence-corrected chi connectivity index (χ4v) is 3.28. The predicted molar refractivity (Wildman–Crippen MR) is 108 cm³/mol. The van der Waals surface area contributed by atoms with E-state index in [1.165, 1.54) is 109 Å². The fraction of sp³-hybridized carbons (Fsp3) is 1.00. The molecule has 0 aliphatic carbocycles. The van der Waals surface area contributed by atoms with Gasteiger partial charge in [-0.05, 0) is 25.8 Å². The quantitative estimate of drug-likeness (QED) is 0.185. The number of hydrogen-bond acceptors (Lipinski definition) is 2. The second kappa shape index (κ2) is 21.0. The first kappa shape index (κ1) is 23.9. The molecule has 0 radical (unpaired) electrons. The van der Waals surface area contributed by atoms with Gasteiger partial charge in [-0.2, -0.15) is 0 Å². The monoisotopic (exact) mass is 341 g/mol. The lowest BCUT2D eigenvalue weighted by Gasteiger charge is -2.12. The molecule has 0 saturated carbocycles. The van der Waals surface area contributed by atoms with Crippen LogP contribution in [-0.2, 0) is 0 Å². The highest BCUT2D eigenvalue weighted by Crippen LogP contribution is 2.12. The summed E-state index contributed by atoms with van der Waals surface area (Å²) in [6, 6.07) is 0. The van der Waals surface area contributed by atoms with Gasteiger partial charge in [0.15, 0.2) is 0 Å². The van der Waals surface area contributed by atoms with Crippen molar-refractivity contribution in [3.63, 3.8) is 0 Å². The van der Waals surface area contributed by atoms with E-state index in [0.717, 1.165) is 13.0 Å². The molecular weight excluding hydrogens is 294 g/mol. The second-order valence-corrected chi connectivity index (χ2v) is 7.56. The Hall–Kier alpha value is -0.0800. The van der Waals surface area contributed by atoms with Crippen LogP contribution in [0, 0.1) is 0 Å². The summed E-state index contributed by atoms with van der Waals surface area (Å²) in [6.45, 7) is 5.51. The zero-order valence-corrected chi connectivity index (χ0v) is 17.0. The Morgan fingerprint density at radius 3 is 1.38 bits per heavy atom. The Kier molecular flexibility index (Phi) is 20.9. The number of aliphatic hydroxyl groups excluding tert-OH is 1. The SMILES string of the molecule is CCCCCCCCCCCCCC(O)NCCCCCCCC. The molecule has 0 aromatic rings. The molecule has 2 nitrogen and oxygen atoms in total. The lowest BCUT2D eigenvalue weighted by molar-refractivity contribution is 0.124. The van der Waals surface area contributed by atoms with Crippen molar-refractivity contribution in [2.75, 3.05) is 6.54 Å². The van der Waals surface area contributed by atoms with Crippen LogP contribution in [0.4, 0.5) is 0 Å². The molecular formula is C22H47NO. The molecule has 1 atom stereocenters. The van der Waals surface area contributed by atoms with Crippen molar-refractivity contribution < 1.29 is 5.11 Å². The van der Waals surface area contributed by atoms with Crippen LogP contribution in [0.5, 0.6) is 0 Å². The highest BCUT2D eigenvalue weighted by molar-refractivity contribution is 4.56. The van der Waals surface area contributed by atoms with Crippen molar-refractivity contribution in [1.82, 2.24) is 5.32 Å². The number of nitrogens with one attached hydrogen (secondary N) is 1.